The predicted molar refractivity (Wildman–Crippen MR) is 134 cm³/mol. The van der Waals surface area contributed by atoms with Crippen molar-refractivity contribution in [2.24, 2.45) is 5.92 Å². The van der Waals surface area contributed by atoms with Gasteiger partial charge in [-0.3, -0.25) is 0 Å². The standard InChI is InChI=1S/C28H27BF4O4/c1-2-3-4-13-35-23-12-11-21(25(31)27(23)33)19-7-5-18(6-8-19)20-9-10-22(26(32)24(20)30)28-36-15-17(14-29-34)16-37-28/h2-3,5-12,17,28-29,34H,4,13-16H2,1H3/b3-2-. The summed E-state index contributed by atoms with van der Waals surface area (Å²) in [4.78, 5) is 0. The number of halogens is 4. The third-order valence-corrected chi connectivity index (χ3v) is 6.20. The summed E-state index contributed by atoms with van der Waals surface area (Å²) < 4.78 is 75.5. The van der Waals surface area contributed by atoms with E-state index in [1.807, 2.05) is 19.1 Å². The second-order valence-electron chi connectivity index (χ2n) is 8.73. The van der Waals surface area contributed by atoms with Gasteiger partial charge in [0.2, 0.25) is 5.82 Å². The zero-order valence-corrected chi connectivity index (χ0v) is 20.4. The van der Waals surface area contributed by atoms with E-state index >= 15 is 0 Å². The van der Waals surface area contributed by atoms with E-state index in [0.717, 1.165) is 0 Å². The molecule has 1 heterocycles. The summed E-state index contributed by atoms with van der Waals surface area (Å²) in [5.41, 5.74) is 0.728. The zero-order valence-electron chi connectivity index (χ0n) is 20.4. The highest BCUT2D eigenvalue weighted by Crippen LogP contribution is 2.35. The van der Waals surface area contributed by atoms with Crippen LogP contribution in [0.3, 0.4) is 0 Å². The Bertz CT molecular complexity index is 1240. The molecule has 4 nitrogen and oxygen atoms in total. The van der Waals surface area contributed by atoms with Crippen LogP contribution in [0.4, 0.5) is 17.6 Å². The first-order valence-corrected chi connectivity index (χ1v) is 12.1. The molecule has 0 radical (unpaired) electrons. The lowest BCUT2D eigenvalue weighted by atomic mass is 9.86. The summed E-state index contributed by atoms with van der Waals surface area (Å²) in [6, 6.07) is 11.7. The number of rotatable bonds is 9. The Hall–Kier alpha value is -3.14. The number of hydrogen-bond donors (Lipinski definition) is 1. The van der Waals surface area contributed by atoms with Crippen molar-refractivity contribution in [1.82, 2.24) is 0 Å². The van der Waals surface area contributed by atoms with Crippen molar-refractivity contribution in [1.29, 1.82) is 0 Å². The number of allylic oxidation sites excluding steroid dienone is 1. The molecule has 1 aliphatic heterocycles. The number of ether oxygens (including phenoxy) is 3. The Morgan fingerprint density at radius 2 is 1.46 bits per heavy atom. The van der Waals surface area contributed by atoms with Crippen LogP contribution in [0, 0.1) is 29.2 Å². The smallest absolute Gasteiger partial charge is 0.271 e. The molecule has 3 aromatic carbocycles. The second-order valence-corrected chi connectivity index (χ2v) is 8.73. The Kier molecular flexibility index (Phi) is 9.02. The molecule has 194 valence electrons. The van der Waals surface area contributed by atoms with E-state index in [-0.39, 0.29) is 55.7 Å². The van der Waals surface area contributed by atoms with Crippen LogP contribution in [0.1, 0.15) is 25.2 Å². The van der Waals surface area contributed by atoms with Crippen LogP contribution in [0.2, 0.25) is 6.32 Å². The Labute approximate surface area is 213 Å². The first-order chi connectivity index (χ1) is 17.9. The summed E-state index contributed by atoms with van der Waals surface area (Å²) in [6.45, 7) is 2.63. The van der Waals surface area contributed by atoms with Gasteiger partial charge in [-0.2, -0.15) is 4.39 Å². The summed E-state index contributed by atoms with van der Waals surface area (Å²) in [5, 5.41) is 9.02. The number of benzene rings is 3. The molecule has 1 fully saturated rings. The highest BCUT2D eigenvalue weighted by Gasteiger charge is 2.28. The fraction of sp³-hybridized carbons (Fsp3) is 0.286. The van der Waals surface area contributed by atoms with Crippen LogP contribution >= 0.6 is 0 Å². The Morgan fingerprint density at radius 3 is 2.05 bits per heavy atom. The average molecular weight is 514 g/mol. The topological polar surface area (TPSA) is 47.9 Å². The van der Waals surface area contributed by atoms with E-state index in [1.165, 1.54) is 48.5 Å². The van der Waals surface area contributed by atoms with Gasteiger partial charge in [-0.05, 0) is 42.9 Å². The molecule has 37 heavy (non-hydrogen) atoms. The second kappa shape index (κ2) is 12.4. The molecule has 0 unspecified atom stereocenters. The molecule has 0 saturated carbocycles. The van der Waals surface area contributed by atoms with Crippen LogP contribution in [0.25, 0.3) is 22.3 Å². The van der Waals surface area contributed by atoms with E-state index in [0.29, 0.717) is 23.9 Å². The van der Waals surface area contributed by atoms with Crippen LogP contribution in [-0.4, -0.2) is 32.3 Å². The van der Waals surface area contributed by atoms with E-state index in [9.17, 15) is 17.6 Å². The fourth-order valence-electron chi connectivity index (χ4n) is 4.14. The molecule has 4 rings (SSSR count). The van der Waals surface area contributed by atoms with Crippen molar-refractivity contribution in [2.75, 3.05) is 19.8 Å². The Morgan fingerprint density at radius 1 is 0.865 bits per heavy atom. The van der Waals surface area contributed by atoms with Crippen LogP contribution in [0.15, 0.2) is 60.7 Å². The van der Waals surface area contributed by atoms with Crippen LogP contribution in [0.5, 0.6) is 5.75 Å². The molecular formula is C28H27BF4O4. The quantitative estimate of drug-likeness (QED) is 0.157. The predicted octanol–water partition coefficient (Wildman–Crippen LogP) is 6.35. The molecule has 0 bridgehead atoms. The van der Waals surface area contributed by atoms with E-state index in [2.05, 4.69) is 0 Å². The first kappa shape index (κ1) is 26.9. The van der Waals surface area contributed by atoms with Gasteiger partial charge >= 0.3 is 0 Å². The van der Waals surface area contributed by atoms with Gasteiger partial charge in [0.1, 0.15) is 0 Å². The molecule has 0 atom stereocenters. The molecule has 0 spiro atoms. The van der Waals surface area contributed by atoms with Crippen molar-refractivity contribution >= 4 is 7.48 Å². The van der Waals surface area contributed by atoms with Gasteiger partial charge in [0.15, 0.2) is 29.5 Å². The lowest BCUT2D eigenvalue weighted by molar-refractivity contribution is -0.203. The lowest BCUT2D eigenvalue weighted by Crippen LogP contribution is -2.28. The molecular weight excluding hydrogens is 487 g/mol. The van der Waals surface area contributed by atoms with Crippen molar-refractivity contribution < 1.29 is 36.8 Å². The zero-order chi connectivity index (χ0) is 26.4. The summed E-state index contributed by atoms with van der Waals surface area (Å²) >= 11 is 0. The van der Waals surface area contributed by atoms with Crippen molar-refractivity contribution in [3.8, 4) is 28.0 Å². The van der Waals surface area contributed by atoms with E-state index in [1.54, 1.807) is 0 Å². The third kappa shape index (κ3) is 6.06. The average Bonchev–Trinajstić information content (AvgIpc) is 2.91. The normalized spacial score (nSPS) is 17.8. The van der Waals surface area contributed by atoms with E-state index < -0.39 is 29.6 Å². The van der Waals surface area contributed by atoms with Gasteiger partial charge < -0.3 is 19.2 Å². The van der Waals surface area contributed by atoms with Gasteiger partial charge in [-0.1, -0.05) is 48.6 Å². The molecule has 1 aliphatic rings. The Balaban J connectivity index is 1.50. The molecule has 0 aromatic heterocycles. The molecule has 9 heteroatoms. The highest BCUT2D eigenvalue weighted by atomic mass is 19.2. The van der Waals surface area contributed by atoms with Crippen molar-refractivity contribution in [2.45, 2.75) is 26.0 Å². The van der Waals surface area contributed by atoms with Gasteiger partial charge in [0.25, 0.3) is 7.48 Å². The summed E-state index contributed by atoms with van der Waals surface area (Å²) in [5.74, 6) is -4.45. The maximum Gasteiger partial charge on any atom is 0.271 e. The van der Waals surface area contributed by atoms with Gasteiger partial charge in [0.05, 0.1) is 19.8 Å². The SMILES string of the molecule is C/C=C\CCOc1ccc(-c2ccc(-c3ccc(C4OCC(CBO)CO4)c(F)c3F)cc2)c(F)c1F. The van der Waals surface area contributed by atoms with Crippen molar-refractivity contribution in [3.63, 3.8) is 0 Å². The first-order valence-electron chi connectivity index (χ1n) is 12.1. The van der Waals surface area contributed by atoms with Gasteiger partial charge in [-0.15, -0.1) is 0 Å². The third-order valence-electron chi connectivity index (χ3n) is 6.20. The number of hydrogen-bond acceptors (Lipinski definition) is 4. The van der Waals surface area contributed by atoms with Crippen molar-refractivity contribution in [3.05, 3.63) is 89.5 Å². The summed E-state index contributed by atoms with van der Waals surface area (Å²) in [7, 11) is -0.00301. The van der Waals surface area contributed by atoms with Crippen LogP contribution < -0.4 is 4.74 Å². The fourth-order valence-corrected chi connectivity index (χ4v) is 4.14. The van der Waals surface area contributed by atoms with Gasteiger partial charge in [-0.25, -0.2) is 13.2 Å². The molecule has 1 saturated heterocycles. The maximum atomic E-state index is 15.0. The van der Waals surface area contributed by atoms with E-state index in [4.69, 9.17) is 19.2 Å². The maximum absolute atomic E-state index is 15.0. The minimum absolute atomic E-state index is 0.00259. The molecule has 0 amide bonds. The highest BCUT2D eigenvalue weighted by molar-refractivity contribution is 6.25. The molecule has 0 aliphatic carbocycles. The van der Waals surface area contributed by atoms with Crippen LogP contribution in [-0.2, 0) is 9.47 Å². The monoisotopic (exact) mass is 514 g/mol. The molecule has 1 N–H and O–H groups in total. The largest absolute Gasteiger partial charge is 0.490 e. The van der Waals surface area contributed by atoms with Gasteiger partial charge in [0, 0.05) is 22.6 Å². The minimum atomic E-state index is -1.08. The minimum Gasteiger partial charge on any atom is -0.490 e. The summed E-state index contributed by atoms with van der Waals surface area (Å²) in [6.07, 6.45) is 3.75. The molecule has 3 aromatic rings. The lowest BCUT2D eigenvalue weighted by Gasteiger charge is -2.29.